The van der Waals surface area contributed by atoms with Crippen LogP contribution in [0, 0.1) is 6.92 Å². The van der Waals surface area contributed by atoms with E-state index in [0.717, 1.165) is 0 Å². The van der Waals surface area contributed by atoms with E-state index < -0.39 is 16.0 Å². The first kappa shape index (κ1) is 14.7. The SMILES string of the molecule is C=C(Cl)COC(=O)c1cc(S(N)(=O)=O)ccc1C. The number of ether oxygens (including phenoxy) is 1. The fourth-order valence-corrected chi connectivity index (χ4v) is 1.81. The summed E-state index contributed by atoms with van der Waals surface area (Å²) in [4.78, 5) is 11.5. The minimum Gasteiger partial charge on any atom is -0.456 e. The van der Waals surface area contributed by atoms with Crippen molar-refractivity contribution >= 4 is 27.6 Å². The molecular weight excluding hydrogens is 278 g/mol. The molecule has 0 aliphatic heterocycles. The summed E-state index contributed by atoms with van der Waals surface area (Å²) in [5.41, 5.74) is 0.701. The standard InChI is InChI=1S/C11H12ClNO4S/c1-7-3-4-9(18(13,15)16)5-10(7)11(14)17-6-8(2)12/h3-5H,2,6H2,1H3,(H2,13,15,16). The zero-order chi connectivity index (χ0) is 13.9. The number of nitrogens with two attached hydrogens (primary N) is 1. The summed E-state index contributed by atoms with van der Waals surface area (Å²) in [6.07, 6.45) is 0. The fourth-order valence-electron chi connectivity index (χ4n) is 1.22. The summed E-state index contributed by atoms with van der Waals surface area (Å²) in [5, 5.41) is 5.15. The lowest BCUT2D eigenvalue weighted by atomic mass is 10.1. The molecule has 0 unspecified atom stereocenters. The molecule has 0 fully saturated rings. The van der Waals surface area contributed by atoms with Crippen LogP contribution in [0.5, 0.6) is 0 Å². The summed E-state index contributed by atoms with van der Waals surface area (Å²) in [6.45, 7) is 4.88. The highest BCUT2D eigenvalue weighted by atomic mass is 35.5. The number of halogens is 1. The molecule has 0 atom stereocenters. The maximum Gasteiger partial charge on any atom is 0.338 e. The van der Waals surface area contributed by atoms with Crippen molar-refractivity contribution in [1.82, 2.24) is 0 Å². The number of rotatable bonds is 4. The van der Waals surface area contributed by atoms with Gasteiger partial charge in [-0.25, -0.2) is 18.4 Å². The lowest BCUT2D eigenvalue weighted by Gasteiger charge is -2.08. The molecule has 1 aromatic rings. The Morgan fingerprint density at radius 2 is 2.11 bits per heavy atom. The van der Waals surface area contributed by atoms with Crippen LogP contribution in [0.15, 0.2) is 34.7 Å². The zero-order valence-corrected chi connectivity index (χ0v) is 11.2. The van der Waals surface area contributed by atoms with Crippen LogP contribution in [0.25, 0.3) is 0 Å². The van der Waals surface area contributed by atoms with Crippen molar-refractivity contribution in [3.05, 3.63) is 40.9 Å². The molecule has 18 heavy (non-hydrogen) atoms. The van der Waals surface area contributed by atoms with Gasteiger partial charge in [-0.2, -0.15) is 0 Å². The largest absolute Gasteiger partial charge is 0.456 e. The molecule has 0 aliphatic rings. The number of esters is 1. The molecule has 2 N–H and O–H groups in total. The van der Waals surface area contributed by atoms with Crippen LogP contribution in [0.2, 0.25) is 0 Å². The third kappa shape index (κ3) is 3.83. The molecule has 0 aromatic heterocycles. The Hall–Kier alpha value is -1.37. The van der Waals surface area contributed by atoms with Crippen molar-refractivity contribution in [2.75, 3.05) is 6.61 Å². The van der Waals surface area contributed by atoms with Gasteiger partial charge in [0.2, 0.25) is 10.0 Å². The first-order valence-electron chi connectivity index (χ1n) is 4.85. The molecule has 0 bridgehead atoms. The van der Waals surface area contributed by atoms with E-state index in [1.54, 1.807) is 6.92 Å². The Bertz CT molecular complexity index is 595. The van der Waals surface area contributed by atoms with Gasteiger partial charge in [-0.1, -0.05) is 24.2 Å². The first-order valence-corrected chi connectivity index (χ1v) is 6.78. The van der Waals surface area contributed by atoms with Crippen LogP contribution in [0.4, 0.5) is 0 Å². The number of benzene rings is 1. The van der Waals surface area contributed by atoms with Crippen molar-refractivity contribution in [2.45, 2.75) is 11.8 Å². The van der Waals surface area contributed by atoms with E-state index in [0.29, 0.717) is 5.56 Å². The Labute approximate surface area is 110 Å². The van der Waals surface area contributed by atoms with Gasteiger partial charge in [-0.05, 0) is 24.6 Å². The van der Waals surface area contributed by atoms with Gasteiger partial charge >= 0.3 is 5.97 Å². The number of primary sulfonamides is 1. The second-order valence-corrected chi connectivity index (χ2v) is 5.71. The predicted molar refractivity (Wildman–Crippen MR) is 67.8 cm³/mol. The highest BCUT2D eigenvalue weighted by Crippen LogP contribution is 2.16. The first-order chi connectivity index (χ1) is 8.21. The maximum atomic E-state index is 11.7. The van der Waals surface area contributed by atoms with Crippen molar-refractivity contribution in [2.24, 2.45) is 5.14 Å². The van der Waals surface area contributed by atoms with E-state index >= 15 is 0 Å². The highest BCUT2D eigenvalue weighted by Gasteiger charge is 2.15. The molecule has 0 amide bonds. The van der Waals surface area contributed by atoms with Crippen molar-refractivity contribution < 1.29 is 17.9 Å². The lowest BCUT2D eigenvalue weighted by Crippen LogP contribution is -2.14. The minimum atomic E-state index is -3.86. The Kier molecular flexibility index (Phi) is 4.50. The number of carbonyl (C=O) groups excluding carboxylic acids is 1. The molecule has 0 heterocycles. The van der Waals surface area contributed by atoms with E-state index in [-0.39, 0.29) is 22.1 Å². The average Bonchev–Trinajstić information content (AvgIpc) is 2.24. The fraction of sp³-hybridized carbons (Fsp3) is 0.182. The van der Waals surface area contributed by atoms with Crippen molar-refractivity contribution in [3.63, 3.8) is 0 Å². The van der Waals surface area contributed by atoms with Gasteiger partial charge in [0.15, 0.2) is 0 Å². The van der Waals surface area contributed by atoms with Crippen LogP contribution < -0.4 is 5.14 Å². The average molecular weight is 290 g/mol. The summed E-state index contributed by atoms with van der Waals surface area (Å²) < 4.78 is 27.2. The van der Waals surface area contributed by atoms with Gasteiger partial charge in [-0.15, -0.1) is 0 Å². The van der Waals surface area contributed by atoms with Crippen LogP contribution >= 0.6 is 11.6 Å². The molecule has 0 aliphatic carbocycles. The number of sulfonamides is 1. The normalized spacial score (nSPS) is 11.1. The topological polar surface area (TPSA) is 86.5 Å². The third-order valence-corrected chi connectivity index (χ3v) is 3.14. The summed E-state index contributed by atoms with van der Waals surface area (Å²) >= 11 is 5.47. The van der Waals surface area contributed by atoms with Gasteiger partial charge in [0.25, 0.3) is 0 Å². The number of carbonyl (C=O) groups is 1. The van der Waals surface area contributed by atoms with Crippen LogP contribution in [-0.4, -0.2) is 21.0 Å². The van der Waals surface area contributed by atoms with Crippen LogP contribution in [0.3, 0.4) is 0 Å². The van der Waals surface area contributed by atoms with Gasteiger partial charge < -0.3 is 4.74 Å². The molecule has 0 saturated heterocycles. The Morgan fingerprint density at radius 3 is 2.61 bits per heavy atom. The van der Waals surface area contributed by atoms with Crippen molar-refractivity contribution in [3.8, 4) is 0 Å². The molecule has 98 valence electrons. The van der Waals surface area contributed by atoms with Crippen molar-refractivity contribution in [1.29, 1.82) is 0 Å². The van der Waals surface area contributed by atoms with E-state index in [2.05, 4.69) is 6.58 Å². The van der Waals surface area contributed by atoms with E-state index in [1.165, 1.54) is 18.2 Å². The summed E-state index contributed by atoms with van der Waals surface area (Å²) in [5.74, 6) is -0.681. The summed E-state index contributed by atoms with van der Waals surface area (Å²) in [7, 11) is -3.86. The molecule has 0 radical (unpaired) electrons. The highest BCUT2D eigenvalue weighted by molar-refractivity contribution is 7.89. The van der Waals surface area contributed by atoms with Gasteiger partial charge in [-0.3, -0.25) is 0 Å². The third-order valence-electron chi connectivity index (χ3n) is 2.12. The minimum absolute atomic E-state index is 0.124. The van der Waals surface area contributed by atoms with Gasteiger partial charge in [0, 0.05) is 5.03 Å². The monoisotopic (exact) mass is 289 g/mol. The van der Waals surface area contributed by atoms with E-state index in [9.17, 15) is 13.2 Å². The molecule has 7 heteroatoms. The maximum absolute atomic E-state index is 11.7. The Morgan fingerprint density at radius 1 is 1.50 bits per heavy atom. The number of hydrogen-bond donors (Lipinski definition) is 1. The molecule has 0 saturated carbocycles. The number of hydrogen-bond acceptors (Lipinski definition) is 4. The molecular formula is C11H12ClNO4S. The quantitative estimate of drug-likeness (QED) is 0.852. The lowest BCUT2D eigenvalue weighted by molar-refractivity contribution is 0.0545. The smallest absolute Gasteiger partial charge is 0.338 e. The summed E-state index contributed by atoms with van der Waals surface area (Å²) in [6, 6.07) is 3.97. The number of aryl methyl sites for hydroxylation is 1. The molecule has 1 rings (SSSR count). The predicted octanol–water partition coefficient (Wildman–Crippen LogP) is 1.55. The van der Waals surface area contributed by atoms with E-state index in [4.69, 9.17) is 21.5 Å². The zero-order valence-electron chi connectivity index (χ0n) is 9.64. The molecule has 1 aromatic carbocycles. The second kappa shape index (κ2) is 5.51. The molecule has 0 spiro atoms. The van der Waals surface area contributed by atoms with Crippen LogP contribution in [0.1, 0.15) is 15.9 Å². The Balaban J connectivity index is 3.08. The van der Waals surface area contributed by atoms with Gasteiger partial charge in [0.1, 0.15) is 6.61 Å². The second-order valence-electron chi connectivity index (χ2n) is 3.62. The van der Waals surface area contributed by atoms with E-state index in [1.807, 2.05) is 0 Å². The van der Waals surface area contributed by atoms with Crippen LogP contribution in [-0.2, 0) is 14.8 Å². The molecule has 5 nitrogen and oxygen atoms in total. The van der Waals surface area contributed by atoms with Gasteiger partial charge in [0.05, 0.1) is 10.5 Å².